The molecule has 1 saturated heterocycles. The van der Waals surface area contributed by atoms with Gasteiger partial charge in [0.25, 0.3) is 0 Å². The van der Waals surface area contributed by atoms with Crippen molar-refractivity contribution in [3.05, 3.63) is 5.82 Å². The second-order valence-corrected chi connectivity index (χ2v) is 4.44. The SMILES string of the molecule is CC(C)C[C@H]1CNC[C@H]1c1nnn[nH]1. The Hall–Kier alpha value is -0.970. The fourth-order valence-corrected chi connectivity index (χ4v) is 2.23. The lowest BCUT2D eigenvalue weighted by molar-refractivity contribution is 0.397. The van der Waals surface area contributed by atoms with Gasteiger partial charge in [0.15, 0.2) is 5.82 Å². The molecule has 2 N–H and O–H groups in total. The summed E-state index contributed by atoms with van der Waals surface area (Å²) in [6.45, 7) is 6.60. The monoisotopic (exact) mass is 195 g/mol. The van der Waals surface area contributed by atoms with Crippen LogP contribution in [0.25, 0.3) is 0 Å². The molecule has 0 amide bonds. The Balaban J connectivity index is 2.04. The lowest BCUT2D eigenvalue weighted by Gasteiger charge is -2.17. The van der Waals surface area contributed by atoms with Crippen LogP contribution in [0.3, 0.4) is 0 Å². The van der Waals surface area contributed by atoms with E-state index in [1.807, 2.05) is 0 Å². The number of nitrogens with one attached hydrogen (secondary N) is 2. The van der Waals surface area contributed by atoms with Crippen molar-refractivity contribution in [1.29, 1.82) is 0 Å². The molecule has 14 heavy (non-hydrogen) atoms. The fourth-order valence-electron chi connectivity index (χ4n) is 2.23. The van der Waals surface area contributed by atoms with Crippen LogP contribution in [0.15, 0.2) is 0 Å². The molecule has 1 aliphatic rings. The smallest absolute Gasteiger partial charge is 0.153 e. The highest BCUT2D eigenvalue weighted by atomic mass is 15.5. The van der Waals surface area contributed by atoms with Crippen molar-refractivity contribution >= 4 is 0 Å². The molecule has 1 aromatic heterocycles. The molecular formula is C9H17N5. The van der Waals surface area contributed by atoms with E-state index >= 15 is 0 Å². The van der Waals surface area contributed by atoms with Crippen LogP contribution in [0.2, 0.25) is 0 Å². The molecule has 5 nitrogen and oxygen atoms in total. The van der Waals surface area contributed by atoms with Crippen molar-refractivity contribution in [1.82, 2.24) is 25.9 Å². The maximum atomic E-state index is 4.00. The lowest BCUT2D eigenvalue weighted by Crippen LogP contribution is -2.14. The standard InChI is InChI=1S/C9H17N5/c1-6(2)3-7-4-10-5-8(7)9-11-13-14-12-9/h6-8,10H,3-5H2,1-2H3,(H,11,12,13,14)/t7-,8+/m0/s1. The van der Waals surface area contributed by atoms with Crippen LogP contribution in [-0.2, 0) is 0 Å². The minimum absolute atomic E-state index is 0.465. The van der Waals surface area contributed by atoms with Crippen molar-refractivity contribution in [3.8, 4) is 0 Å². The lowest BCUT2D eigenvalue weighted by atomic mass is 9.88. The van der Waals surface area contributed by atoms with Crippen LogP contribution < -0.4 is 5.32 Å². The maximum Gasteiger partial charge on any atom is 0.153 e. The van der Waals surface area contributed by atoms with E-state index in [1.165, 1.54) is 6.42 Å². The van der Waals surface area contributed by atoms with Gasteiger partial charge in [0.1, 0.15) is 0 Å². The molecule has 0 aliphatic carbocycles. The Bertz CT molecular complexity index is 269. The van der Waals surface area contributed by atoms with Crippen LogP contribution >= 0.6 is 0 Å². The van der Waals surface area contributed by atoms with E-state index in [0.29, 0.717) is 11.8 Å². The molecule has 2 atom stereocenters. The zero-order valence-corrected chi connectivity index (χ0v) is 8.70. The Labute approximate surface area is 83.7 Å². The molecule has 0 radical (unpaired) electrons. The topological polar surface area (TPSA) is 66.5 Å². The number of aromatic nitrogens is 4. The van der Waals surface area contributed by atoms with E-state index in [4.69, 9.17) is 0 Å². The fraction of sp³-hybridized carbons (Fsp3) is 0.889. The van der Waals surface area contributed by atoms with Crippen LogP contribution in [-0.4, -0.2) is 33.7 Å². The van der Waals surface area contributed by atoms with Crippen LogP contribution in [0, 0.1) is 11.8 Å². The van der Waals surface area contributed by atoms with Crippen molar-refractivity contribution in [2.45, 2.75) is 26.2 Å². The van der Waals surface area contributed by atoms with Gasteiger partial charge in [-0.05, 0) is 35.2 Å². The summed E-state index contributed by atoms with van der Waals surface area (Å²) < 4.78 is 0. The van der Waals surface area contributed by atoms with Crippen molar-refractivity contribution in [2.24, 2.45) is 11.8 Å². The van der Waals surface area contributed by atoms with Crippen LogP contribution in [0.4, 0.5) is 0 Å². The van der Waals surface area contributed by atoms with E-state index < -0.39 is 0 Å². The molecule has 2 heterocycles. The highest BCUT2D eigenvalue weighted by molar-refractivity contribution is 5.00. The first-order chi connectivity index (χ1) is 6.77. The highest BCUT2D eigenvalue weighted by Gasteiger charge is 2.31. The number of nitrogens with zero attached hydrogens (tertiary/aromatic N) is 3. The average Bonchev–Trinajstić information content (AvgIpc) is 2.70. The molecule has 0 saturated carbocycles. The third kappa shape index (κ3) is 1.92. The molecule has 78 valence electrons. The summed E-state index contributed by atoms with van der Waals surface area (Å²) in [4.78, 5) is 0. The second-order valence-electron chi connectivity index (χ2n) is 4.44. The van der Waals surface area contributed by atoms with E-state index in [-0.39, 0.29) is 0 Å². The van der Waals surface area contributed by atoms with Gasteiger partial charge in [0, 0.05) is 12.5 Å². The van der Waals surface area contributed by atoms with Gasteiger partial charge in [-0.25, -0.2) is 5.10 Å². The van der Waals surface area contributed by atoms with Crippen molar-refractivity contribution in [2.75, 3.05) is 13.1 Å². The normalized spacial score (nSPS) is 27.4. The van der Waals surface area contributed by atoms with Crippen LogP contribution in [0.5, 0.6) is 0 Å². The number of tetrazole rings is 1. The molecule has 1 aromatic rings. The molecule has 5 heteroatoms. The first-order valence-electron chi connectivity index (χ1n) is 5.21. The molecule has 0 spiro atoms. The number of aromatic amines is 1. The maximum absolute atomic E-state index is 4.00. The first-order valence-corrected chi connectivity index (χ1v) is 5.21. The number of rotatable bonds is 3. The third-order valence-corrected chi connectivity index (χ3v) is 2.83. The van der Waals surface area contributed by atoms with Gasteiger partial charge in [0.05, 0.1) is 0 Å². The minimum atomic E-state index is 0.465. The Morgan fingerprint density at radius 1 is 1.43 bits per heavy atom. The van der Waals surface area contributed by atoms with Gasteiger partial charge >= 0.3 is 0 Å². The van der Waals surface area contributed by atoms with Crippen molar-refractivity contribution < 1.29 is 0 Å². The Morgan fingerprint density at radius 2 is 2.29 bits per heavy atom. The number of H-pyrrole nitrogens is 1. The second kappa shape index (κ2) is 4.04. The van der Waals surface area contributed by atoms with Gasteiger partial charge < -0.3 is 5.32 Å². The summed E-state index contributed by atoms with van der Waals surface area (Å²) >= 11 is 0. The molecular weight excluding hydrogens is 178 g/mol. The van der Waals surface area contributed by atoms with E-state index in [9.17, 15) is 0 Å². The molecule has 1 fully saturated rings. The zero-order chi connectivity index (χ0) is 9.97. The molecule has 0 unspecified atom stereocenters. The highest BCUT2D eigenvalue weighted by Crippen LogP contribution is 2.29. The Kier molecular flexibility index (Phi) is 2.77. The first kappa shape index (κ1) is 9.58. The molecule has 0 aromatic carbocycles. The van der Waals surface area contributed by atoms with Gasteiger partial charge in [-0.2, -0.15) is 0 Å². The molecule has 2 rings (SSSR count). The van der Waals surface area contributed by atoms with E-state index in [2.05, 4.69) is 39.8 Å². The Morgan fingerprint density at radius 3 is 2.93 bits per heavy atom. The quantitative estimate of drug-likeness (QED) is 0.739. The third-order valence-electron chi connectivity index (χ3n) is 2.83. The summed E-state index contributed by atoms with van der Waals surface area (Å²) in [6.07, 6.45) is 1.23. The van der Waals surface area contributed by atoms with Crippen LogP contribution in [0.1, 0.15) is 32.0 Å². The summed E-state index contributed by atoms with van der Waals surface area (Å²) in [5.41, 5.74) is 0. The number of hydrogen-bond acceptors (Lipinski definition) is 4. The zero-order valence-electron chi connectivity index (χ0n) is 8.70. The molecule has 1 aliphatic heterocycles. The van der Waals surface area contributed by atoms with Gasteiger partial charge in [-0.3, -0.25) is 0 Å². The molecule has 0 bridgehead atoms. The summed E-state index contributed by atoms with van der Waals surface area (Å²) in [7, 11) is 0. The van der Waals surface area contributed by atoms with Crippen molar-refractivity contribution in [3.63, 3.8) is 0 Å². The predicted molar refractivity (Wildman–Crippen MR) is 52.7 cm³/mol. The number of hydrogen-bond donors (Lipinski definition) is 2. The van der Waals surface area contributed by atoms with Gasteiger partial charge in [-0.15, -0.1) is 5.10 Å². The average molecular weight is 195 g/mol. The predicted octanol–water partition coefficient (Wildman–Crippen LogP) is 0.549. The summed E-state index contributed by atoms with van der Waals surface area (Å²) in [5.74, 6) is 2.80. The largest absolute Gasteiger partial charge is 0.316 e. The summed E-state index contributed by atoms with van der Waals surface area (Å²) in [6, 6.07) is 0. The minimum Gasteiger partial charge on any atom is -0.316 e. The summed E-state index contributed by atoms with van der Waals surface area (Å²) in [5, 5.41) is 17.5. The van der Waals surface area contributed by atoms with E-state index in [0.717, 1.165) is 24.8 Å². The van der Waals surface area contributed by atoms with Gasteiger partial charge in [0.2, 0.25) is 0 Å². The van der Waals surface area contributed by atoms with Gasteiger partial charge in [-0.1, -0.05) is 13.8 Å². The van der Waals surface area contributed by atoms with E-state index in [1.54, 1.807) is 0 Å².